The molecule has 1 unspecified atom stereocenters. The smallest absolute Gasteiger partial charge is 0.352 e. The van der Waals surface area contributed by atoms with Crippen LogP contribution in [0.5, 0.6) is 0 Å². The predicted octanol–water partition coefficient (Wildman–Crippen LogP) is 2.67. The first-order valence-corrected chi connectivity index (χ1v) is 7.68. The van der Waals surface area contributed by atoms with Gasteiger partial charge in [-0.25, -0.2) is 0 Å². The van der Waals surface area contributed by atoms with Crippen molar-refractivity contribution < 1.29 is 13.2 Å². The van der Waals surface area contributed by atoms with Gasteiger partial charge in [-0.1, -0.05) is 0 Å². The molecule has 4 nitrogen and oxygen atoms in total. The summed E-state index contributed by atoms with van der Waals surface area (Å²) in [7, 11) is 1.66. The monoisotopic (exact) mass is 448 g/mol. The van der Waals surface area contributed by atoms with Crippen LogP contribution in [0.1, 0.15) is 12.0 Å². The highest BCUT2D eigenvalue weighted by Crippen LogP contribution is 2.19. The van der Waals surface area contributed by atoms with Crippen molar-refractivity contribution >= 4 is 41.3 Å². The number of hydrogen-bond donors (Lipinski definition) is 2. The quantitative estimate of drug-likeness (QED) is 0.423. The lowest BCUT2D eigenvalue weighted by atomic mass is 10.3. The zero-order valence-corrected chi connectivity index (χ0v) is 15.3. The Balaban J connectivity index is 0.00000242. The summed E-state index contributed by atoms with van der Waals surface area (Å²) in [4.78, 5) is 5.53. The largest absolute Gasteiger partial charge is 0.401 e. The van der Waals surface area contributed by atoms with Gasteiger partial charge in [-0.2, -0.15) is 24.5 Å². The fourth-order valence-electron chi connectivity index (χ4n) is 2.31. The van der Waals surface area contributed by atoms with Gasteiger partial charge in [0.2, 0.25) is 0 Å². The zero-order valence-electron chi connectivity index (χ0n) is 12.2. The van der Waals surface area contributed by atoms with Crippen molar-refractivity contribution in [2.45, 2.75) is 25.2 Å². The number of guanidine groups is 1. The topological polar surface area (TPSA) is 39.7 Å². The van der Waals surface area contributed by atoms with Gasteiger partial charge in [-0.3, -0.25) is 9.89 Å². The molecule has 0 aromatic carbocycles. The molecule has 2 N–H and O–H groups in total. The van der Waals surface area contributed by atoms with Crippen molar-refractivity contribution in [3.63, 3.8) is 0 Å². The highest BCUT2D eigenvalue weighted by atomic mass is 127. The number of likely N-dealkylation sites (tertiary alicyclic amines) is 1. The molecule has 22 heavy (non-hydrogen) atoms. The molecule has 0 saturated carbocycles. The van der Waals surface area contributed by atoms with E-state index < -0.39 is 12.7 Å². The van der Waals surface area contributed by atoms with Crippen LogP contribution in [0.15, 0.2) is 21.8 Å². The van der Waals surface area contributed by atoms with Gasteiger partial charge in [0.05, 0.1) is 6.54 Å². The first-order chi connectivity index (χ1) is 9.96. The average Bonchev–Trinajstić information content (AvgIpc) is 3.04. The molecule has 0 aliphatic carbocycles. The third-order valence-corrected chi connectivity index (χ3v) is 4.01. The molecule has 0 spiro atoms. The van der Waals surface area contributed by atoms with Gasteiger partial charge < -0.3 is 10.6 Å². The molecule has 9 heteroatoms. The fraction of sp³-hybridized carbons (Fsp3) is 0.615. The number of nitrogens with zero attached hydrogens (tertiary/aromatic N) is 2. The number of halogens is 4. The van der Waals surface area contributed by atoms with E-state index in [1.807, 2.05) is 16.8 Å². The van der Waals surface area contributed by atoms with Crippen LogP contribution < -0.4 is 10.6 Å². The van der Waals surface area contributed by atoms with E-state index in [1.54, 1.807) is 18.4 Å². The van der Waals surface area contributed by atoms with E-state index in [1.165, 1.54) is 4.90 Å². The summed E-state index contributed by atoms with van der Waals surface area (Å²) in [6.07, 6.45) is -3.44. The maximum Gasteiger partial charge on any atom is 0.401 e. The van der Waals surface area contributed by atoms with Gasteiger partial charge in [-0.05, 0) is 28.8 Å². The van der Waals surface area contributed by atoms with Crippen LogP contribution in [0, 0.1) is 0 Å². The minimum atomic E-state index is -4.13. The van der Waals surface area contributed by atoms with Crippen molar-refractivity contribution in [1.82, 2.24) is 15.5 Å². The Morgan fingerprint density at radius 1 is 1.50 bits per heavy atom. The van der Waals surface area contributed by atoms with Crippen molar-refractivity contribution in [2.75, 3.05) is 26.7 Å². The number of thiophene rings is 1. The van der Waals surface area contributed by atoms with E-state index in [9.17, 15) is 13.2 Å². The zero-order chi connectivity index (χ0) is 15.3. The molecule has 1 saturated heterocycles. The van der Waals surface area contributed by atoms with Crippen molar-refractivity contribution in [2.24, 2.45) is 4.99 Å². The van der Waals surface area contributed by atoms with E-state index in [-0.39, 0.29) is 30.0 Å². The van der Waals surface area contributed by atoms with Crippen molar-refractivity contribution in [3.05, 3.63) is 22.4 Å². The van der Waals surface area contributed by atoms with Gasteiger partial charge >= 0.3 is 6.18 Å². The minimum absolute atomic E-state index is 0. The maximum absolute atomic E-state index is 12.3. The molecule has 0 amide bonds. The van der Waals surface area contributed by atoms with E-state index in [0.717, 1.165) is 5.56 Å². The second kappa shape index (κ2) is 8.92. The summed E-state index contributed by atoms with van der Waals surface area (Å²) in [5, 5.41) is 10.4. The Morgan fingerprint density at radius 2 is 2.27 bits per heavy atom. The molecule has 1 atom stereocenters. The molecule has 1 aliphatic heterocycles. The maximum atomic E-state index is 12.3. The average molecular weight is 448 g/mol. The number of aliphatic imine (C=N–C) groups is 1. The molecule has 2 rings (SSSR count). The highest BCUT2D eigenvalue weighted by Gasteiger charge is 2.34. The van der Waals surface area contributed by atoms with Crippen LogP contribution in [0.3, 0.4) is 0 Å². The van der Waals surface area contributed by atoms with E-state index >= 15 is 0 Å². The molecule has 1 aliphatic rings. The van der Waals surface area contributed by atoms with Gasteiger partial charge in [0, 0.05) is 32.7 Å². The first-order valence-electron chi connectivity index (χ1n) is 6.73. The van der Waals surface area contributed by atoms with E-state index in [4.69, 9.17) is 0 Å². The Bertz CT molecular complexity index is 464. The second-order valence-electron chi connectivity index (χ2n) is 5.04. The Labute approximate surface area is 149 Å². The highest BCUT2D eigenvalue weighted by molar-refractivity contribution is 14.0. The number of nitrogens with one attached hydrogen (secondary N) is 2. The predicted molar refractivity (Wildman–Crippen MR) is 94.0 cm³/mol. The van der Waals surface area contributed by atoms with Crippen LogP contribution in [0.2, 0.25) is 0 Å². The molecule has 0 radical (unpaired) electrons. The summed E-state index contributed by atoms with van der Waals surface area (Å²) in [5.74, 6) is 0.625. The van der Waals surface area contributed by atoms with Gasteiger partial charge in [-0.15, -0.1) is 24.0 Å². The fourth-order valence-corrected chi connectivity index (χ4v) is 2.98. The van der Waals surface area contributed by atoms with Gasteiger partial charge in [0.15, 0.2) is 5.96 Å². The molecular weight excluding hydrogens is 428 g/mol. The summed E-state index contributed by atoms with van der Waals surface area (Å²) < 4.78 is 37.0. The standard InChI is InChI=1S/C13H19F3N4S.HI/c1-17-12(18-6-10-3-5-21-8-10)19-11-2-4-20(7-11)9-13(14,15)16;/h3,5,8,11H,2,4,6-7,9H2,1H3,(H2,17,18,19);1H. The summed E-state index contributed by atoms with van der Waals surface area (Å²) in [5.41, 5.74) is 1.16. The van der Waals surface area contributed by atoms with Crippen LogP contribution in [0.4, 0.5) is 13.2 Å². The Morgan fingerprint density at radius 3 is 2.86 bits per heavy atom. The Kier molecular flexibility index (Phi) is 7.90. The van der Waals surface area contributed by atoms with Gasteiger partial charge in [0.25, 0.3) is 0 Å². The lowest BCUT2D eigenvalue weighted by molar-refractivity contribution is -0.143. The third-order valence-electron chi connectivity index (χ3n) is 3.28. The molecule has 1 aromatic rings. The first kappa shape index (κ1) is 19.5. The summed E-state index contributed by atoms with van der Waals surface area (Å²) >= 11 is 1.62. The summed E-state index contributed by atoms with van der Waals surface area (Å²) in [6.45, 7) is 0.658. The van der Waals surface area contributed by atoms with E-state index in [0.29, 0.717) is 32.0 Å². The molecule has 1 aromatic heterocycles. The normalized spacial score (nSPS) is 19.8. The van der Waals surface area contributed by atoms with E-state index in [2.05, 4.69) is 15.6 Å². The van der Waals surface area contributed by atoms with Crippen molar-refractivity contribution in [3.8, 4) is 0 Å². The minimum Gasteiger partial charge on any atom is -0.352 e. The van der Waals surface area contributed by atoms with Crippen LogP contribution in [-0.2, 0) is 6.54 Å². The molecular formula is C13H20F3IN4S. The number of hydrogen-bond acceptors (Lipinski definition) is 3. The SMILES string of the molecule is CN=C(NCc1ccsc1)NC1CCN(CC(F)(F)F)C1.I. The molecule has 2 heterocycles. The summed E-state index contributed by atoms with van der Waals surface area (Å²) in [6, 6.07) is 2.02. The number of rotatable bonds is 4. The third kappa shape index (κ3) is 6.69. The van der Waals surface area contributed by atoms with Crippen LogP contribution in [-0.4, -0.2) is 49.8 Å². The second-order valence-corrected chi connectivity index (χ2v) is 5.82. The Hall–Kier alpha value is -0.550. The molecule has 126 valence electrons. The lowest BCUT2D eigenvalue weighted by Crippen LogP contribution is -2.44. The lowest BCUT2D eigenvalue weighted by Gasteiger charge is -2.19. The van der Waals surface area contributed by atoms with Crippen molar-refractivity contribution in [1.29, 1.82) is 0 Å². The van der Waals surface area contributed by atoms with Crippen LogP contribution >= 0.6 is 35.3 Å². The van der Waals surface area contributed by atoms with Crippen LogP contribution in [0.25, 0.3) is 0 Å². The molecule has 0 bridgehead atoms. The molecule has 1 fully saturated rings. The number of alkyl halides is 3. The van der Waals surface area contributed by atoms with Gasteiger partial charge in [0.1, 0.15) is 0 Å².